The number of hydrogen-bond acceptors (Lipinski definition) is 6. The van der Waals surface area contributed by atoms with Crippen molar-refractivity contribution in [3.63, 3.8) is 0 Å². The number of nitrogens with one attached hydrogen (secondary N) is 2. The summed E-state index contributed by atoms with van der Waals surface area (Å²) in [6.45, 7) is 9.19. The molecular weight excluding hydrogens is 482 g/mol. The summed E-state index contributed by atoms with van der Waals surface area (Å²) in [7, 11) is 0. The Kier molecular flexibility index (Phi) is 9.52. The summed E-state index contributed by atoms with van der Waals surface area (Å²) in [5.74, 6) is -3.25. The van der Waals surface area contributed by atoms with E-state index in [1.165, 1.54) is 0 Å². The molecule has 0 aliphatic heterocycles. The molecule has 3 atom stereocenters. The Morgan fingerprint density at radius 1 is 1.05 bits per heavy atom. The van der Waals surface area contributed by atoms with Gasteiger partial charge >= 0.3 is 0 Å². The van der Waals surface area contributed by atoms with E-state index in [0.717, 1.165) is 11.8 Å². The number of pyridine rings is 1. The second kappa shape index (κ2) is 12.4. The summed E-state index contributed by atoms with van der Waals surface area (Å²) in [5.41, 5.74) is 0.336. The number of rotatable bonds is 11. The van der Waals surface area contributed by atoms with Gasteiger partial charge in [0.15, 0.2) is 5.78 Å². The van der Waals surface area contributed by atoms with E-state index in [2.05, 4.69) is 15.6 Å². The number of fused-ring (bicyclic) bond motifs is 1. The number of ketones is 3. The van der Waals surface area contributed by atoms with Crippen molar-refractivity contribution in [2.75, 3.05) is 0 Å². The summed E-state index contributed by atoms with van der Waals surface area (Å²) < 4.78 is 0. The topological polar surface area (TPSA) is 122 Å². The van der Waals surface area contributed by atoms with Gasteiger partial charge in [0.05, 0.1) is 11.6 Å². The second-order valence-electron chi connectivity index (χ2n) is 11.8. The molecule has 0 unspecified atom stereocenters. The molecule has 1 saturated carbocycles. The number of hydrogen-bond donors (Lipinski definition) is 2. The van der Waals surface area contributed by atoms with Crippen LogP contribution in [0.3, 0.4) is 0 Å². The Morgan fingerprint density at radius 2 is 1.76 bits per heavy atom. The summed E-state index contributed by atoms with van der Waals surface area (Å²) in [6, 6.07) is 9.83. The molecule has 2 N–H and O–H groups in total. The van der Waals surface area contributed by atoms with Crippen LogP contribution in [0.4, 0.5) is 0 Å². The normalized spacial score (nSPS) is 17.3. The van der Waals surface area contributed by atoms with Gasteiger partial charge in [0, 0.05) is 35.6 Å². The second-order valence-corrected chi connectivity index (χ2v) is 11.8. The van der Waals surface area contributed by atoms with Gasteiger partial charge < -0.3 is 10.6 Å². The zero-order valence-electron chi connectivity index (χ0n) is 23.0. The molecule has 1 aromatic carbocycles. The molecule has 0 saturated heterocycles. The molecule has 0 bridgehead atoms. The van der Waals surface area contributed by atoms with Crippen LogP contribution in [0.5, 0.6) is 0 Å². The fraction of sp³-hybridized carbons (Fsp3) is 0.533. The minimum Gasteiger partial charge on any atom is -0.345 e. The smallest absolute Gasteiger partial charge is 0.290 e. The van der Waals surface area contributed by atoms with Crippen molar-refractivity contribution in [1.29, 1.82) is 0 Å². The molecule has 3 rings (SSSR count). The molecule has 2 amide bonds. The predicted octanol–water partition coefficient (Wildman–Crippen LogP) is 4.20. The molecule has 8 nitrogen and oxygen atoms in total. The monoisotopic (exact) mass is 521 g/mol. The number of aromatic nitrogens is 1. The summed E-state index contributed by atoms with van der Waals surface area (Å²) in [4.78, 5) is 69.3. The minimum atomic E-state index is -1.14. The molecule has 0 radical (unpaired) electrons. The fourth-order valence-electron chi connectivity index (χ4n) is 4.90. The van der Waals surface area contributed by atoms with Gasteiger partial charge in [-0.1, -0.05) is 38.1 Å². The highest BCUT2D eigenvalue weighted by Crippen LogP contribution is 2.27. The molecule has 8 heteroatoms. The number of carbonyl (C=O) groups excluding carboxylic acids is 5. The van der Waals surface area contributed by atoms with Crippen LogP contribution in [0, 0.1) is 17.8 Å². The van der Waals surface area contributed by atoms with E-state index in [1.807, 2.05) is 44.2 Å². The van der Waals surface area contributed by atoms with E-state index in [0.29, 0.717) is 24.8 Å². The SMILES string of the molecule is CC(C)C[C@H](CC(=O)c1ccc2ccccc2n1)C(=O)N[C@@H](C[C@@H]1CCCC1=O)C(=O)C(=O)NC(C)(C)C. The average Bonchev–Trinajstić information content (AvgIpc) is 3.25. The van der Waals surface area contributed by atoms with Crippen LogP contribution >= 0.6 is 0 Å². The summed E-state index contributed by atoms with van der Waals surface area (Å²) >= 11 is 0. The molecule has 2 aromatic rings. The van der Waals surface area contributed by atoms with Crippen molar-refractivity contribution in [1.82, 2.24) is 15.6 Å². The molecule has 1 heterocycles. The van der Waals surface area contributed by atoms with E-state index >= 15 is 0 Å². The molecule has 38 heavy (non-hydrogen) atoms. The molecule has 1 aliphatic rings. The van der Waals surface area contributed by atoms with Crippen molar-refractivity contribution >= 4 is 40.1 Å². The van der Waals surface area contributed by atoms with Gasteiger partial charge in [0.2, 0.25) is 11.7 Å². The van der Waals surface area contributed by atoms with Gasteiger partial charge in [-0.05, 0) is 64.5 Å². The zero-order valence-corrected chi connectivity index (χ0v) is 23.0. The first-order valence-electron chi connectivity index (χ1n) is 13.4. The van der Waals surface area contributed by atoms with Gasteiger partial charge in [-0.3, -0.25) is 24.0 Å². The number of nitrogens with zero attached hydrogens (tertiary/aromatic N) is 1. The first-order valence-corrected chi connectivity index (χ1v) is 13.4. The maximum absolute atomic E-state index is 13.5. The van der Waals surface area contributed by atoms with Crippen molar-refractivity contribution in [3.8, 4) is 0 Å². The van der Waals surface area contributed by atoms with Crippen molar-refractivity contribution in [3.05, 3.63) is 42.1 Å². The van der Waals surface area contributed by atoms with E-state index < -0.39 is 35.1 Å². The quantitative estimate of drug-likeness (QED) is 0.338. The van der Waals surface area contributed by atoms with Crippen molar-refractivity contribution < 1.29 is 24.0 Å². The largest absolute Gasteiger partial charge is 0.345 e. The Bertz CT molecular complexity index is 1210. The van der Waals surface area contributed by atoms with Crippen LogP contribution in [-0.4, -0.2) is 45.7 Å². The maximum atomic E-state index is 13.5. The van der Waals surface area contributed by atoms with Gasteiger partial charge in [-0.25, -0.2) is 4.98 Å². The highest BCUT2D eigenvalue weighted by atomic mass is 16.2. The van der Waals surface area contributed by atoms with Crippen LogP contribution in [0.2, 0.25) is 0 Å². The highest BCUT2D eigenvalue weighted by Gasteiger charge is 2.36. The van der Waals surface area contributed by atoms with Crippen molar-refractivity contribution in [2.45, 2.75) is 84.7 Å². The molecule has 1 aromatic heterocycles. The first kappa shape index (κ1) is 29.1. The van der Waals surface area contributed by atoms with E-state index in [1.54, 1.807) is 26.8 Å². The third kappa shape index (κ3) is 8.04. The van der Waals surface area contributed by atoms with Crippen LogP contribution in [0.1, 0.15) is 83.6 Å². The van der Waals surface area contributed by atoms with Gasteiger partial charge in [0.25, 0.3) is 5.91 Å². The fourth-order valence-corrected chi connectivity index (χ4v) is 4.90. The third-order valence-electron chi connectivity index (χ3n) is 6.74. The number of amides is 2. The lowest BCUT2D eigenvalue weighted by Gasteiger charge is -2.26. The number of para-hydroxylation sites is 1. The average molecular weight is 522 g/mol. The zero-order chi connectivity index (χ0) is 28.0. The van der Waals surface area contributed by atoms with Crippen molar-refractivity contribution in [2.24, 2.45) is 17.8 Å². The van der Waals surface area contributed by atoms with Crippen LogP contribution < -0.4 is 10.6 Å². The summed E-state index contributed by atoms with van der Waals surface area (Å²) in [6.07, 6.45) is 2.22. The number of benzene rings is 1. The standard InChI is InChI=1S/C30H39N3O5/c1-18(2)15-21(17-26(35)23-14-13-19-9-6-7-11-22(19)31-23)28(37)32-24(16-20-10-8-12-25(20)34)27(36)29(38)33-30(3,4)5/h6-7,9,11,13-14,18,20-21,24H,8,10,12,15-17H2,1-5H3,(H,32,37)(H,33,38)/t20-,21+,24-/m0/s1. The Hall–Kier alpha value is -3.42. The lowest BCUT2D eigenvalue weighted by Crippen LogP contribution is -2.53. The van der Waals surface area contributed by atoms with Crippen LogP contribution in [0.15, 0.2) is 36.4 Å². The lowest BCUT2D eigenvalue weighted by atomic mass is 9.89. The lowest BCUT2D eigenvalue weighted by molar-refractivity contribution is -0.141. The minimum absolute atomic E-state index is 0.0459. The van der Waals surface area contributed by atoms with Crippen LogP contribution in [0.25, 0.3) is 10.9 Å². The van der Waals surface area contributed by atoms with Crippen LogP contribution in [-0.2, 0) is 19.2 Å². The maximum Gasteiger partial charge on any atom is 0.290 e. The first-order chi connectivity index (χ1) is 17.8. The Labute approximate surface area is 224 Å². The van der Waals surface area contributed by atoms with E-state index in [9.17, 15) is 24.0 Å². The number of carbonyl (C=O) groups is 5. The Balaban J connectivity index is 1.79. The highest BCUT2D eigenvalue weighted by molar-refractivity contribution is 6.38. The third-order valence-corrected chi connectivity index (χ3v) is 6.74. The molecule has 0 spiro atoms. The van der Waals surface area contributed by atoms with Gasteiger partial charge in [0.1, 0.15) is 11.5 Å². The molecule has 204 valence electrons. The summed E-state index contributed by atoms with van der Waals surface area (Å²) in [5, 5.41) is 6.31. The molecule has 1 aliphatic carbocycles. The van der Waals surface area contributed by atoms with Gasteiger partial charge in [-0.2, -0.15) is 0 Å². The van der Waals surface area contributed by atoms with Gasteiger partial charge in [-0.15, -0.1) is 0 Å². The molecule has 1 fully saturated rings. The predicted molar refractivity (Wildman–Crippen MR) is 145 cm³/mol. The van der Waals surface area contributed by atoms with E-state index in [-0.39, 0.29) is 41.9 Å². The number of Topliss-reactive ketones (excluding diaryl/α,β-unsaturated/α-hetero) is 3. The Morgan fingerprint density at radius 3 is 2.39 bits per heavy atom. The molecular formula is C30H39N3O5. The van der Waals surface area contributed by atoms with E-state index in [4.69, 9.17) is 0 Å².